The number of rotatable bonds is 3. The van der Waals surface area contributed by atoms with Crippen molar-refractivity contribution in [3.8, 4) is 0 Å². The van der Waals surface area contributed by atoms with Gasteiger partial charge in [-0.3, -0.25) is 4.79 Å². The van der Waals surface area contributed by atoms with E-state index < -0.39 is 0 Å². The summed E-state index contributed by atoms with van der Waals surface area (Å²) in [6.45, 7) is 10.6. The molecular formula is C17H27IN4O. The van der Waals surface area contributed by atoms with Gasteiger partial charge in [-0.15, -0.1) is 24.0 Å². The first-order valence-electron chi connectivity index (χ1n) is 7.95. The third kappa shape index (κ3) is 5.67. The van der Waals surface area contributed by atoms with Crippen LogP contribution in [0.5, 0.6) is 0 Å². The van der Waals surface area contributed by atoms with Gasteiger partial charge in [0, 0.05) is 39.6 Å². The molecule has 6 heteroatoms. The highest BCUT2D eigenvalue weighted by atomic mass is 127. The number of carbonyl (C=O) groups is 1. The summed E-state index contributed by atoms with van der Waals surface area (Å²) in [5, 5.41) is 3.36. The predicted molar refractivity (Wildman–Crippen MR) is 105 cm³/mol. The highest BCUT2D eigenvalue weighted by molar-refractivity contribution is 14.0. The lowest BCUT2D eigenvalue weighted by molar-refractivity contribution is -0.130. The fraction of sp³-hybridized carbons (Fsp3) is 0.529. The standard InChI is InChI=1S/C17H26N4O.HI/c1-4-18-17(19-13-16-8-6-5-7-14(16)2)21-11-9-20(10-12-21)15(3)22;/h5-8H,4,9-13H2,1-3H3,(H,18,19);1H. The third-order valence-electron chi connectivity index (χ3n) is 4.02. The summed E-state index contributed by atoms with van der Waals surface area (Å²) >= 11 is 0. The van der Waals surface area contributed by atoms with E-state index in [1.165, 1.54) is 11.1 Å². The molecule has 0 saturated carbocycles. The predicted octanol–water partition coefficient (Wildman–Crippen LogP) is 2.24. The third-order valence-corrected chi connectivity index (χ3v) is 4.02. The maximum Gasteiger partial charge on any atom is 0.219 e. The molecule has 1 heterocycles. The van der Waals surface area contributed by atoms with E-state index in [9.17, 15) is 4.79 Å². The molecule has 0 aliphatic carbocycles. The van der Waals surface area contributed by atoms with Gasteiger partial charge in [-0.25, -0.2) is 4.99 Å². The van der Waals surface area contributed by atoms with Crippen LogP contribution >= 0.6 is 24.0 Å². The Labute approximate surface area is 156 Å². The first-order valence-corrected chi connectivity index (χ1v) is 7.95. The summed E-state index contributed by atoms with van der Waals surface area (Å²) in [7, 11) is 0. The average Bonchev–Trinajstić information content (AvgIpc) is 2.53. The molecule has 2 rings (SSSR count). The van der Waals surface area contributed by atoms with Crippen molar-refractivity contribution in [1.29, 1.82) is 0 Å². The van der Waals surface area contributed by atoms with Gasteiger partial charge in [-0.2, -0.15) is 0 Å². The zero-order valence-electron chi connectivity index (χ0n) is 14.2. The topological polar surface area (TPSA) is 47.9 Å². The highest BCUT2D eigenvalue weighted by Gasteiger charge is 2.20. The van der Waals surface area contributed by atoms with Crippen molar-refractivity contribution in [2.45, 2.75) is 27.3 Å². The second-order valence-corrected chi connectivity index (χ2v) is 5.59. The van der Waals surface area contributed by atoms with Crippen LogP contribution in [0.25, 0.3) is 0 Å². The second kappa shape index (κ2) is 9.75. The number of guanidine groups is 1. The Kier molecular flexibility index (Phi) is 8.36. The Morgan fingerprint density at radius 3 is 2.35 bits per heavy atom. The summed E-state index contributed by atoms with van der Waals surface area (Å²) < 4.78 is 0. The van der Waals surface area contributed by atoms with Gasteiger partial charge in [-0.05, 0) is 25.0 Å². The van der Waals surface area contributed by atoms with Gasteiger partial charge in [0.15, 0.2) is 5.96 Å². The number of hydrogen-bond acceptors (Lipinski definition) is 2. The molecule has 1 saturated heterocycles. The van der Waals surface area contributed by atoms with Crippen LogP contribution in [-0.2, 0) is 11.3 Å². The van der Waals surface area contributed by atoms with Crippen molar-refractivity contribution < 1.29 is 4.79 Å². The lowest BCUT2D eigenvalue weighted by Crippen LogP contribution is -2.53. The molecule has 128 valence electrons. The van der Waals surface area contributed by atoms with Crippen molar-refractivity contribution in [2.24, 2.45) is 4.99 Å². The van der Waals surface area contributed by atoms with Gasteiger partial charge in [0.1, 0.15) is 0 Å². The van der Waals surface area contributed by atoms with Crippen LogP contribution < -0.4 is 5.32 Å². The van der Waals surface area contributed by atoms with E-state index in [1.54, 1.807) is 6.92 Å². The number of nitrogens with one attached hydrogen (secondary N) is 1. The Morgan fingerprint density at radius 2 is 1.78 bits per heavy atom. The van der Waals surface area contributed by atoms with Gasteiger partial charge in [0.05, 0.1) is 6.54 Å². The van der Waals surface area contributed by atoms with Gasteiger partial charge in [-0.1, -0.05) is 24.3 Å². The smallest absolute Gasteiger partial charge is 0.219 e. The number of piperazine rings is 1. The number of hydrogen-bond donors (Lipinski definition) is 1. The fourth-order valence-corrected chi connectivity index (χ4v) is 2.61. The maximum atomic E-state index is 11.4. The molecule has 1 fully saturated rings. The van der Waals surface area contributed by atoms with E-state index in [0.29, 0.717) is 6.54 Å². The first-order chi connectivity index (χ1) is 10.6. The molecule has 1 aliphatic rings. The van der Waals surface area contributed by atoms with E-state index in [0.717, 1.165) is 38.7 Å². The zero-order valence-corrected chi connectivity index (χ0v) is 16.5. The zero-order chi connectivity index (χ0) is 15.9. The van der Waals surface area contributed by atoms with Gasteiger partial charge >= 0.3 is 0 Å². The van der Waals surface area contributed by atoms with Gasteiger partial charge in [0.25, 0.3) is 0 Å². The molecule has 1 N–H and O–H groups in total. The molecule has 0 bridgehead atoms. The minimum atomic E-state index is 0. The summed E-state index contributed by atoms with van der Waals surface area (Å²) in [6, 6.07) is 8.34. The van der Waals surface area contributed by atoms with Gasteiger partial charge in [0.2, 0.25) is 5.91 Å². The summed E-state index contributed by atoms with van der Waals surface area (Å²) in [5.74, 6) is 1.09. The van der Waals surface area contributed by atoms with Crippen LogP contribution in [0.15, 0.2) is 29.3 Å². The lowest BCUT2D eigenvalue weighted by atomic mass is 10.1. The molecule has 1 amide bonds. The minimum absolute atomic E-state index is 0. The van der Waals surface area contributed by atoms with Gasteiger partial charge < -0.3 is 15.1 Å². The number of nitrogens with zero attached hydrogens (tertiary/aromatic N) is 3. The van der Waals surface area contributed by atoms with Crippen molar-refractivity contribution in [1.82, 2.24) is 15.1 Å². The number of halogens is 1. The molecular weight excluding hydrogens is 403 g/mol. The Morgan fingerprint density at radius 1 is 1.17 bits per heavy atom. The van der Waals surface area contributed by atoms with Crippen molar-refractivity contribution in [2.75, 3.05) is 32.7 Å². The van der Waals surface area contributed by atoms with Crippen molar-refractivity contribution in [3.05, 3.63) is 35.4 Å². The molecule has 23 heavy (non-hydrogen) atoms. The molecule has 0 aromatic heterocycles. The molecule has 0 unspecified atom stereocenters. The first kappa shape index (κ1) is 19.7. The lowest BCUT2D eigenvalue weighted by Gasteiger charge is -2.36. The number of benzene rings is 1. The van der Waals surface area contributed by atoms with E-state index in [4.69, 9.17) is 4.99 Å². The van der Waals surface area contributed by atoms with E-state index in [2.05, 4.69) is 48.3 Å². The Balaban J connectivity index is 0.00000264. The maximum absolute atomic E-state index is 11.4. The van der Waals surface area contributed by atoms with Crippen LogP contribution in [-0.4, -0.2) is 54.4 Å². The van der Waals surface area contributed by atoms with E-state index in [1.807, 2.05) is 4.90 Å². The summed E-state index contributed by atoms with van der Waals surface area (Å²) in [4.78, 5) is 20.3. The van der Waals surface area contributed by atoms with E-state index >= 15 is 0 Å². The molecule has 0 spiro atoms. The largest absolute Gasteiger partial charge is 0.357 e. The monoisotopic (exact) mass is 430 g/mol. The van der Waals surface area contributed by atoms with E-state index in [-0.39, 0.29) is 29.9 Å². The molecule has 1 aliphatic heterocycles. The van der Waals surface area contributed by atoms with Crippen LogP contribution in [0.3, 0.4) is 0 Å². The number of aryl methyl sites for hydroxylation is 1. The van der Waals surface area contributed by atoms with Crippen LogP contribution in [0.2, 0.25) is 0 Å². The summed E-state index contributed by atoms with van der Waals surface area (Å²) in [5.41, 5.74) is 2.52. The molecule has 5 nitrogen and oxygen atoms in total. The minimum Gasteiger partial charge on any atom is -0.357 e. The molecule has 0 atom stereocenters. The second-order valence-electron chi connectivity index (χ2n) is 5.59. The molecule has 1 aromatic carbocycles. The SMILES string of the molecule is CCNC(=NCc1ccccc1C)N1CCN(C(C)=O)CC1.I. The quantitative estimate of drug-likeness (QED) is 0.455. The number of amides is 1. The Hall–Kier alpha value is -1.31. The number of aliphatic imine (C=N–C) groups is 1. The van der Waals surface area contributed by atoms with Crippen LogP contribution in [0, 0.1) is 6.92 Å². The van der Waals surface area contributed by atoms with Crippen molar-refractivity contribution >= 4 is 35.8 Å². The van der Waals surface area contributed by atoms with Crippen LogP contribution in [0.1, 0.15) is 25.0 Å². The fourth-order valence-electron chi connectivity index (χ4n) is 2.61. The average molecular weight is 430 g/mol. The highest BCUT2D eigenvalue weighted by Crippen LogP contribution is 2.09. The normalized spacial score (nSPS) is 15.2. The summed E-state index contributed by atoms with van der Waals surface area (Å²) in [6.07, 6.45) is 0. The molecule has 1 aromatic rings. The van der Waals surface area contributed by atoms with Crippen LogP contribution in [0.4, 0.5) is 0 Å². The Bertz CT molecular complexity index is 539. The van der Waals surface area contributed by atoms with Crippen molar-refractivity contribution in [3.63, 3.8) is 0 Å². The number of carbonyl (C=O) groups excluding carboxylic acids is 1. The molecule has 0 radical (unpaired) electrons.